The number of nitrogens with zero attached hydrogens (tertiary/aromatic N) is 2. The molecule has 12 heteroatoms. The molecule has 9 nitrogen and oxygen atoms in total. The molecule has 0 amide bonds. The Morgan fingerprint density at radius 3 is 2.54 bits per heavy atom. The lowest BCUT2D eigenvalue weighted by atomic mass is 10.2. The standard InChI is InChI=1S/C14H9Cl2N3O6S/c15-11-6-12(16)13(26(17,23)24)5-10(11)14(20)25-18-7-8-2-1-3-9(4-8)19(21)22/h1-7H,(H2,17,23,24)/b18-7+. The van der Waals surface area contributed by atoms with Crippen LogP contribution >= 0.6 is 23.2 Å². The normalized spacial score (nSPS) is 11.5. The smallest absolute Gasteiger partial charge is 0.313 e. The zero-order valence-corrected chi connectivity index (χ0v) is 15.0. The summed E-state index contributed by atoms with van der Waals surface area (Å²) in [4.78, 5) is 26.2. The van der Waals surface area contributed by atoms with Crippen LogP contribution in [0.4, 0.5) is 5.69 Å². The minimum atomic E-state index is -4.18. The van der Waals surface area contributed by atoms with Crippen LogP contribution in [0.2, 0.25) is 10.0 Å². The molecule has 2 N–H and O–H groups in total. The Morgan fingerprint density at radius 2 is 1.92 bits per heavy atom. The predicted octanol–water partition coefficient (Wildman–Crippen LogP) is 2.74. The van der Waals surface area contributed by atoms with Crippen molar-refractivity contribution in [2.75, 3.05) is 0 Å². The Balaban J connectivity index is 2.23. The number of nitrogens with two attached hydrogens (primary N) is 1. The number of benzene rings is 2. The molecule has 0 saturated carbocycles. The van der Waals surface area contributed by atoms with Crippen molar-refractivity contribution in [3.05, 3.63) is 67.7 Å². The number of nitro groups is 1. The number of non-ortho nitro benzene ring substituents is 1. The van der Waals surface area contributed by atoms with Gasteiger partial charge in [-0.15, -0.1) is 0 Å². The lowest BCUT2D eigenvalue weighted by Crippen LogP contribution is -2.14. The van der Waals surface area contributed by atoms with Crippen LogP contribution in [0.1, 0.15) is 15.9 Å². The van der Waals surface area contributed by atoms with Gasteiger partial charge in [0.15, 0.2) is 0 Å². The van der Waals surface area contributed by atoms with E-state index in [0.717, 1.165) is 18.3 Å². The molecule has 0 bridgehead atoms. The van der Waals surface area contributed by atoms with Gasteiger partial charge in [-0.2, -0.15) is 0 Å². The van der Waals surface area contributed by atoms with Crippen LogP contribution in [0.5, 0.6) is 0 Å². The molecule has 0 aromatic heterocycles. The van der Waals surface area contributed by atoms with Gasteiger partial charge in [-0.25, -0.2) is 18.4 Å². The molecule has 2 rings (SSSR count). The summed E-state index contributed by atoms with van der Waals surface area (Å²) in [6.45, 7) is 0. The first-order valence-electron chi connectivity index (χ1n) is 6.60. The van der Waals surface area contributed by atoms with E-state index in [1.54, 1.807) is 0 Å². The second kappa shape index (κ2) is 7.79. The van der Waals surface area contributed by atoms with E-state index in [9.17, 15) is 23.3 Å². The number of primary sulfonamides is 1. The lowest BCUT2D eigenvalue weighted by molar-refractivity contribution is -0.384. The van der Waals surface area contributed by atoms with Gasteiger partial charge in [-0.05, 0) is 12.1 Å². The summed E-state index contributed by atoms with van der Waals surface area (Å²) in [5.41, 5.74) is -0.186. The van der Waals surface area contributed by atoms with Crippen LogP contribution in [0.15, 0.2) is 46.4 Å². The highest BCUT2D eigenvalue weighted by atomic mass is 35.5. The maximum Gasteiger partial charge on any atom is 0.367 e. The predicted molar refractivity (Wildman–Crippen MR) is 93.9 cm³/mol. The monoisotopic (exact) mass is 417 g/mol. The molecule has 0 heterocycles. The molecule has 0 aliphatic carbocycles. The largest absolute Gasteiger partial charge is 0.367 e. The summed E-state index contributed by atoms with van der Waals surface area (Å²) in [6, 6.07) is 7.32. The van der Waals surface area contributed by atoms with E-state index in [1.165, 1.54) is 24.3 Å². The highest BCUT2D eigenvalue weighted by Gasteiger charge is 2.21. The highest BCUT2D eigenvalue weighted by molar-refractivity contribution is 7.89. The Hall–Kier alpha value is -2.53. The Morgan fingerprint density at radius 1 is 1.23 bits per heavy atom. The molecule has 0 spiro atoms. The summed E-state index contributed by atoms with van der Waals surface area (Å²) in [7, 11) is -4.18. The average molecular weight is 418 g/mol. The molecular weight excluding hydrogens is 409 g/mol. The van der Waals surface area contributed by atoms with Crippen LogP contribution in [0.25, 0.3) is 0 Å². The number of oxime groups is 1. The summed E-state index contributed by atoms with van der Waals surface area (Å²) in [5.74, 6) is -1.07. The lowest BCUT2D eigenvalue weighted by Gasteiger charge is -2.06. The molecule has 2 aromatic carbocycles. The number of halogens is 2. The minimum absolute atomic E-state index is 0.168. The third-order valence-electron chi connectivity index (χ3n) is 2.97. The molecule has 0 atom stereocenters. The Labute approximate surface area is 157 Å². The van der Waals surface area contributed by atoms with Gasteiger partial charge in [-0.3, -0.25) is 10.1 Å². The molecule has 0 fully saturated rings. The van der Waals surface area contributed by atoms with Crippen molar-refractivity contribution in [3.8, 4) is 0 Å². The number of hydrogen-bond donors (Lipinski definition) is 1. The van der Waals surface area contributed by atoms with E-state index in [1.807, 2.05) is 0 Å². The van der Waals surface area contributed by atoms with Gasteiger partial charge in [-0.1, -0.05) is 40.5 Å². The second-order valence-corrected chi connectivity index (χ2v) is 7.12. The SMILES string of the molecule is NS(=O)(=O)c1cc(C(=O)O/N=C/c2cccc([N+](=O)[O-])c2)c(Cl)cc1Cl. The fraction of sp³-hybridized carbons (Fsp3) is 0. The number of sulfonamides is 1. The summed E-state index contributed by atoms with van der Waals surface area (Å²) >= 11 is 11.6. The van der Waals surface area contributed by atoms with Gasteiger partial charge in [0.25, 0.3) is 5.69 Å². The third kappa shape index (κ3) is 4.76. The van der Waals surface area contributed by atoms with Crippen molar-refractivity contribution in [2.24, 2.45) is 10.3 Å². The van der Waals surface area contributed by atoms with Crippen molar-refractivity contribution < 1.29 is 23.0 Å². The molecule has 0 aliphatic heterocycles. The van der Waals surface area contributed by atoms with Gasteiger partial charge >= 0.3 is 5.97 Å². The van der Waals surface area contributed by atoms with E-state index in [-0.39, 0.29) is 21.3 Å². The average Bonchev–Trinajstić information content (AvgIpc) is 2.53. The summed E-state index contributed by atoms with van der Waals surface area (Å²) in [5, 5.41) is 18.7. The molecule has 0 unspecified atom stereocenters. The molecule has 0 radical (unpaired) electrons. The quantitative estimate of drug-likeness (QED) is 0.342. The first kappa shape index (κ1) is 19.8. The highest BCUT2D eigenvalue weighted by Crippen LogP contribution is 2.28. The van der Waals surface area contributed by atoms with E-state index in [0.29, 0.717) is 5.56 Å². The maximum absolute atomic E-state index is 12.0. The molecule has 136 valence electrons. The van der Waals surface area contributed by atoms with Crippen LogP contribution < -0.4 is 5.14 Å². The van der Waals surface area contributed by atoms with Gasteiger partial charge < -0.3 is 4.84 Å². The van der Waals surface area contributed by atoms with Crippen molar-refractivity contribution >= 4 is 51.1 Å². The zero-order valence-electron chi connectivity index (χ0n) is 12.6. The Kier molecular flexibility index (Phi) is 5.93. The molecule has 2 aromatic rings. The van der Waals surface area contributed by atoms with Gasteiger partial charge in [0.05, 0.1) is 26.7 Å². The van der Waals surface area contributed by atoms with E-state index < -0.39 is 25.8 Å². The maximum atomic E-state index is 12.0. The van der Waals surface area contributed by atoms with Gasteiger partial charge in [0.2, 0.25) is 10.0 Å². The number of nitro benzene ring substituents is 1. The van der Waals surface area contributed by atoms with Gasteiger partial charge in [0, 0.05) is 17.7 Å². The summed E-state index contributed by atoms with van der Waals surface area (Å²) < 4.78 is 22.9. The number of rotatable bonds is 5. The Bertz CT molecular complexity index is 1020. The fourth-order valence-corrected chi connectivity index (χ4v) is 3.20. The second-order valence-electron chi connectivity index (χ2n) is 4.77. The molecule has 0 saturated heterocycles. The number of hydrogen-bond acceptors (Lipinski definition) is 7. The molecular formula is C14H9Cl2N3O6S. The summed E-state index contributed by atoms with van der Waals surface area (Å²) in [6.07, 6.45) is 1.06. The van der Waals surface area contributed by atoms with Crippen molar-refractivity contribution in [2.45, 2.75) is 4.90 Å². The first-order chi connectivity index (χ1) is 12.1. The zero-order chi connectivity index (χ0) is 19.5. The van der Waals surface area contributed by atoms with Crippen molar-refractivity contribution in [3.63, 3.8) is 0 Å². The third-order valence-corrected chi connectivity index (χ3v) is 4.65. The van der Waals surface area contributed by atoms with Crippen LogP contribution in [0.3, 0.4) is 0 Å². The molecule has 0 aliphatic rings. The molecule has 26 heavy (non-hydrogen) atoms. The topological polar surface area (TPSA) is 142 Å². The van der Waals surface area contributed by atoms with Crippen LogP contribution in [-0.4, -0.2) is 25.5 Å². The van der Waals surface area contributed by atoms with Crippen LogP contribution in [0, 0.1) is 10.1 Å². The van der Waals surface area contributed by atoms with E-state index in [2.05, 4.69) is 9.99 Å². The van der Waals surface area contributed by atoms with E-state index >= 15 is 0 Å². The van der Waals surface area contributed by atoms with Gasteiger partial charge in [0.1, 0.15) is 4.90 Å². The first-order valence-corrected chi connectivity index (χ1v) is 8.91. The van der Waals surface area contributed by atoms with Crippen molar-refractivity contribution in [1.29, 1.82) is 0 Å². The fourth-order valence-electron chi connectivity index (χ4n) is 1.81. The number of carbonyl (C=O) groups excluding carboxylic acids is 1. The minimum Gasteiger partial charge on any atom is -0.313 e. The van der Waals surface area contributed by atoms with E-state index in [4.69, 9.17) is 28.3 Å². The van der Waals surface area contributed by atoms with Crippen LogP contribution in [-0.2, 0) is 14.9 Å². The van der Waals surface area contributed by atoms with Crippen molar-refractivity contribution in [1.82, 2.24) is 0 Å². The number of carbonyl (C=O) groups is 1.